The Morgan fingerprint density at radius 3 is 2.19 bits per heavy atom. The van der Waals surface area contributed by atoms with Gasteiger partial charge in [0.05, 0.1) is 0 Å². The normalized spacial score (nSPS) is 28.2. The van der Waals surface area contributed by atoms with E-state index in [1.165, 1.54) is 12.8 Å². The Labute approximate surface area is 128 Å². The smallest absolute Gasteiger partial charge is 0.246 e. The molecular weight excluding hydrogens is 264 g/mol. The first-order valence-electron chi connectivity index (χ1n) is 8.43. The number of hydrogen-bond donors (Lipinski definition) is 1. The average Bonchev–Trinajstić information content (AvgIpc) is 3.15. The molecule has 3 unspecified atom stereocenters. The first kappa shape index (κ1) is 16.3. The summed E-state index contributed by atoms with van der Waals surface area (Å²) in [6, 6.07) is -0.484. The van der Waals surface area contributed by atoms with Crippen molar-refractivity contribution in [3.63, 3.8) is 0 Å². The van der Waals surface area contributed by atoms with Gasteiger partial charge in [-0.15, -0.1) is 0 Å². The molecule has 3 atom stereocenters. The molecule has 1 aliphatic carbocycles. The van der Waals surface area contributed by atoms with E-state index < -0.39 is 0 Å². The highest BCUT2D eigenvalue weighted by Crippen LogP contribution is 2.36. The molecule has 2 rings (SSSR count). The summed E-state index contributed by atoms with van der Waals surface area (Å²) in [6.07, 6.45) is 4.32. The fraction of sp³-hybridized carbons (Fsp3) is 0.882. The van der Waals surface area contributed by atoms with Crippen LogP contribution in [0.1, 0.15) is 60.3 Å². The van der Waals surface area contributed by atoms with E-state index in [2.05, 4.69) is 26.1 Å². The second kappa shape index (κ2) is 6.37. The van der Waals surface area contributed by atoms with Gasteiger partial charge in [-0.1, -0.05) is 40.5 Å². The van der Waals surface area contributed by atoms with Crippen molar-refractivity contribution < 1.29 is 9.59 Å². The van der Waals surface area contributed by atoms with E-state index in [-0.39, 0.29) is 35.9 Å². The number of nitrogens with one attached hydrogen (secondary N) is 1. The lowest BCUT2D eigenvalue weighted by Crippen LogP contribution is -2.67. The molecule has 0 aromatic heterocycles. The third-order valence-corrected chi connectivity index (χ3v) is 4.62. The summed E-state index contributed by atoms with van der Waals surface area (Å²) in [5.74, 6) is 1.45. The van der Waals surface area contributed by atoms with Crippen molar-refractivity contribution >= 4 is 11.8 Å². The van der Waals surface area contributed by atoms with E-state index in [4.69, 9.17) is 0 Å². The number of carbonyl (C=O) groups excluding carboxylic acids is 2. The monoisotopic (exact) mass is 294 g/mol. The largest absolute Gasteiger partial charge is 0.342 e. The van der Waals surface area contributed by atoms with Gasteiger partial charge < -0.3 is 10.2 Å². The maximum atomic E-state index is 12.9. The number of nitrogens with zero attached hydrogens (tertiary/aromatic N) is 1. The summed E-state index contributed by atoms with van der Waals surface area (Å²) in [7, 11) is 0. The molecule has 2 fully saturated rings. The zero-order valence-electron chi connectivity index (χ0n) is 14.1. The highest BCUT2D eigenvalue weighted by Gasteiger charge is 2.44. The molecule has 2 amide bonds. The Bertz CT molecular complexity index is 402. The number of carbonyl (C=O) groups is 2. The number of piperazine rings is 1. The number of hydrogen-bond acceptors (Lipinski definition) is 2. The van der Waals surface area contributed by atoms with Crippen LogP contribution >= 0.6 is 0 Å². The van der Waals surface area contributed by atoms with Gasteiger partial charge in [0.15, 0.2) is 0 Å². The van der Waals surface area contributed by atoms with Crippen molar-refractivity contribution in [2.75, 3.05) is 0 Å². The summed E-state index contributed by atoms with van der Waals surface area (Å²) in [6.45, 7) is 10.3. The minimum atomic E-state index is -0.339. The van der Waals surface area contributed by atoms with E-state index in [0.717, 1.165) is 18.8 Å². The van der Waals surface area contributed by atoms with Gasteiger partial charge in [0, 0.05) is 6.04 Å². The molecule has 21 heavy (non-hydrogen) atoms. The lowest BCUT2D eigenvalue weighted by molar-refractivity contribution is -0.154. The SMILES string of the molecule is CC(C)CC1NC(=O)C(C(C)C)N(C(C)CC2CC2)C1=O. The number of amides is 2. The highest BCUT2D eigenvalue weighted by molar-refractivity contribution is 5.97. The fourth-order valence-electron chi connectivity index (χ4n) is 3.46. The predicted octanol–water partition coefficient (Wildman–Crippen LogP) is 2.57. The van der Waals surface area contributed by atoms with E-state index >= 15 is 0 Å². The first-order valence-corrected chi connectivity index (χ1v) is 8.43. The van der Waals surface area contributed by atoms with Crippen molar-refractivity contribution in [1.82, 2.24) is 10.2 Å². The first-order chi connectivity index (χ1) is 9.81. The molecule has 120 valence electrons. The van der Waals surface area contributed by atoms with E-state index in [1.54, 1.807) is 0 Å². The van der Waals surface area contributed by atoms with E-state index in [0.29, 0.717) is 5.92 Å². The van der Waals surface area contributed by atoms with Crippen molar-refractivity contribution in [3.05, 3.63) is 0 Å². The van der Waals surface area contributed by atoms with Gasteiger partial charge in [0.2, 0.25) is 11.8 Å². The van der Waals surface area contributed by atoms with E-state index in [1.807, 2.05) is 18.7 Å². The molecule has 0 spiro atoms. The van der Waals surface area contributed by atoms with Crippen molar-refractivity contribution in [3.8, 4) is 0 Å². The van der Waals surface area contributed by atoms with Crippen LogP contribution in [-0.2, 0) is 9.59 Å². The van der Waals surface area contributed by atoms with Crippen LogP contribution in [0.25, 0.3) is 0 Å². The van der Waals surface area contributed by atoms with Gasteiger partial charge in [0.1, 0.15) is 12.1 Å². The van der Waals surface area contributed by atoms with Crippen LogP contribution in [0, 0.1) is 17.8 Å². The molecule has 1 heterocycles. The van der Waals surface area contributed by atoms with Gasteiger partial charge >= 0.3 is 0 Å². The molecule has 1 N–H and O–H groups in total. The molecule has 4 heteroatoms. The third kappa shape index (κ3) is 3.78. The van der Waals surface area contributed by atoms with Crippen molar-refractivity contribution in [1.29, 1.82) is 0 Å². The van der Waals surface area contributed by atoms with Crippen molar-refractivity contribution in [2.24, 2.45) is 17.8 Å². The molecule has 0 aromatic rings. The third-order valence-electron chi connectivity index (χ3n) is 4.62. The topological polar surface area (TPSA) is 49.4 Å². The second-order valence-corrected chi connectivity index (χ2v) is 7.65. The zero-order valence-corrected chi connectivity index (χ0v) is 14.1. The van der Waals surface area contributed by atoms with Crippen LogP contribution in [0.4, 0.5) is 0 Å². The van der Waals surface area contributed by atoms with Crippen molar-refractivity contribution in [2.45, 2.75) is 78.4 Å². The molecule has 4 nitrogen and oxygen atoms in total. The van der Waals surface area contributed by atoms with E-state index in [9.17, 15) is 9.59 Å². The maximum Gasteiger partial charge on any atom is 0.246 e. The Morgan fingerprint density at radius 1 is 1.10 bits per heavy atom. The lowest BCUT2D eigenvalue weighted by Gasteiger charge is -2.44. The molecule has 0 radical (unpaired) electrons. The zero-order chi connectivity index (χ0) is 15.7. The minimum absolute atomic E-state index is 0.0258. The maximum absolute atomic E-state index is 12.9. The molecule has 1 saturated heterocycles. The van der Waals surface area contributed by atoms with Crippen LogP contribution in [0.2, 0.25) is 0 Å². The van der Waals surface area contributed by atoms with Gasteiger partial charge in [-0.05, 0) is 37.5 Å². The fourth-order valence-corrected chi connectivity index (χ4v) is 3.46. The van der Waals surface area contributed by atoms with Crippen LogP contribution < -0.4 is 5.32 Å². The minimum Gasteiger partial charge on any atom is -0.342 e. The van der Waals surface area contributed by atoms with Crippen LogP contribution in [0.15, 0.2) is 0 Å². The average molecular weight is 294 g/mol. The van der Waals surface area contributed by atoms with Crippen LogP contribution in [0.3, 0.4) is 0 Å². The van der Waals surface area contributed by atoms with Gasteiger partial charge in [-0.2, -0.15) is 0 Å². The Morgan fingerprint density at radius 2 is 1.71 bits per heavy atom. The standard InChI is InChI=1S/C17H30N2O2/c1-10(2)8-14-17(21)19(12(5)9-13-6-7-13)15(11(3)4)16(20)18-14/h10-15H,6-9H2,1-5H3,(H,18,20). The van der Waals surface area contributed by atoms with Gasteiger partial charge in [0.25, 0.3) is 0 Å². The Balaban J connectivity index is 2.18. The summed E-state index contributed by atoms with van der Waals surface area (Å²) in [4.78, 5) is 27.3. The molecule has 1 saturated carbocycles. The van der Waals surface area contributed by atoms with Crippen LogP contribution in [0.5, 0.6) is 0 Å². The van der Waals surface area contributed by atoms with Gasteiger partial charge in [-0.25, -0.2) is 0 Å². The summed E-state index contributed by atoms with van der Waals surface area (Å²) in [5.41, 5.74) is 0. The summed E-state index contributed by atoms with van der Waals surface area (Å²) < 4.78 is 0. The Hall–Kier alpha value is -1.06. The quantitative estimate of drug-likeness (QED) is 0.818. The summed E-state index contributed by atoms with van der Waals surface area (Å²) >= 11 is 0. The molecule has 0 aromatic carbocycles. The second-order valence-electron chi connectivity index (χ2n) is 7.65. The highest BCUT2D eigenvalue weighted by atomic mass is 16.2. The summed E-state index contributed by atoms with van der Waals surface area (Å²) in [5, 5.41) is 2.95. The molecule has 2 aliphatic rings. The Kier molecular flexibility index (Phi) is 4.95. The lowest BCUT2D eigenvalue weighted by atomic mass is 9.91. The molecule has 1 aliphatic heterocycles. The number of rotatable bonds is 6. The molecule has 0 bridgehead atoms. The van der Waals surface area contributed by atoms with Crippen LogP contribution in [-0.4, -0.2) is 34.8 Å². The molecular formula is C17H30N2O2. The predicted molar refractivity (Wildman–Crippen MR) is 83.7 cm³/mol. The van der Waals surface area contributed by atoms with Gasteiger partial charge in [-0.3, -0.25) is 9.59 Å².